The molecule has 8 saturated carbocycles. The van der Waals surface area contributed by atoms with E-state index in [1.807, 2.05) is 0 Å². The first kappa shape index (κ1) is 52.7. The van der Waals surface area contributed by atoms with E-state index < -0.39 is 11.4 Å². The van der Waals surface area contributed by atoms with Crippen molar-refractivity contribution in [3.63, 3.8) is 0 Å². The van der Waals surface area contributed by atoms with Gasteiger partial charge in [-0.3, -0.25) is 19.4 Å². The number of hydrogen-bond donors (Lipinski definition) is 2. The van der Waals surface area contributed by atoms with Gasteiger partial charge in [0.15, 0.2) is 0 Å². The Balaban J connectivity index is 0.000000132. The van der Waals surface area contributed by atoms with Crippen molar-refractivity contribution in [2.24, 2.45) is 45.3 Å². The second kappa shape index (κ2) is 21.7. The minimum absolute atomic E-state index is 0. The highest BCUT2D eigenvalue weighted by atomic mass is 35.5. The number of aliphatic carboxylic acids is 1. The van der Waals surface area contributed by atoms with E-state index >= 15 is 0 Å². The lowest BCUT2D eigenvalue weighted by Crippen LogP contribution is -2.59. The summed E-state index contributed by atoms with van der Waals surface area (Å²) in [5.74, 6) is 2.75. The van der Waals surface area contributed by atoms with Gasteiger partial charge in [0.25, 0.3) is 0 Å². The Morgan fingerprint density at radius 1 is 0.534 bits per heavy atom. The van der Waals surface area contributed by atoms with Crippen LogP contribution in [0, 0.1) is 45.3 Å². The first-order valence-corrected chi connectivity index (χ1v) is 29.0. The van der Waals surface area contributed by atoms with Crippen molar-refractivity contribution in [2.45, 2.75) is 134 Å². The summed E-state index contributed by atoms with van der Waals surface area (Å²) in [5.41, 5.74) is 6.57. The predicted molar refractivity (Wildman–Crippen MR) is 298 cm³/mol. The fraction of sp³-hybridized carbons (Fsp3) is 0.594. The molecule has 7 nitrogen and oxygen atoms in total. The van der Waals surface area contributed by atoms with Crippen molar-refractivity contribution < 1.29 is 14.7 Å². The highest BCUT2D eigenvalue weighted by Crippen LogP contribution is 2.67. The molecule has 16 rings (SSSR count). The van der Waals surface area contributed by atoms with Crippen molar-refractivity contribution in [1.29, 1.82) is 0 Å². The third-order valence-electron chi connectivity index (χ3n) is 20.4. The van der Waals surface area contributed by atoms with E-state index in [0.717, 1.165) is 83.1 Å². The summed E-state index contributed by atoms with van der Waals surface area (Å²) < 4.78 is 0. The van der Waals surface area contributed by atoms with Crippen LogP contribution in [0.4, 0.5) is 0 Å². The summed E-state index contributed by atoms with van der Waals surface area (Å²) in [4.78, 5) is 33.7. The third-order valence-corrected chi connectivity index (χ3v) is 20.4. The van der Waals surface area contributed by atoms with Gasteiger partial charge in [-0.1, -0.05) is 129 Å². The lowest BCUT2D eigenvalue weighted by molar-refractivity contribution is -0.167. The number of halogens is 2. The molecule has 12 fully saturated rings. The number of nitrogens with zero attached hydrogens (tertiary/aromatic N) is 3. The molecule has 1 amide bonds. The van der Waals surface area contributed by atoms with E-state index in [4.69, 9.17) is 23.2 Å². The molecule has 0 aromatic heterocycles. The van der Waals surface area contributed by atoms with Crippen LogP contribution in [-0.4, -0.2) is 89.4 Å². The topological polar surface area (TPSA) is 76.1 Å². The molecule has 2 spiro atoms. The number of benzene rings is 4. The second-order valence-electron chi connectivity index (χ2n) is 25.5. The number of carbonyl (C=O) groups is 2. The number of alkyl halides is 2. The Bertz CT molecular complexity index is 2440. The van der Waals surface area contributed by atoms with E-state index in [1.54, 1.807) is 0 Å². The number of carboxylic acid groups (broad SMARTS) is 1. The summed E-state index contributed by atoms with van der Waals surface area (Å²) in [6, 6.07) is 43.6. The van der Waals surface area contributed by atoms with Crippen LogP contribution >= 0.6 is 23.2 Å². The lowest BCUT2D eigenvalue weighted by Gasteiger charge is -2.62. The van der Waals surface area contributed by atoms with E-state index in [0.29, 0.717) is 28.6 Å². The van der Waals surface area contributed by atoms with E-state index in [9.17, 15) is 14.7 Å². The number of amides is 1. The zero-order valence-electron chi connectivity index (χ0n) is 42.8. The monoisotopic (exact) mass is 1030 g/mol. The summed E-state index contributed by atoms with van der Waals surface area (Å²) in [6.45, 7) is 11.5. The molecule has 9 heteroatoms. The quantitative estimate of drug-likeness (QED) is 0.171. The molecule has 8 bridgehead atoms. The van der Waals surface area contributed by atoms with Crippen molar-refractivity contribution in [2.75, 3.05) is 57.7 Å². The van der Waals surface area contributed by atoms with Gasteiger partial charge in [0.2, 0.25) is 5.91 Å². The molecule has 6 atom stereocenters. The first-order chi connectivity index (χ1) is 35.0. The molecule has 392 valence electrons. The Hall–Kier alpha value is -3.72. The minimum atomic E-state index is -0.540. The molecule has 4 aromatic carbocycles. The van der Waals surface area contributed by atoms with E-state index in [-0.39, 0.29) is 29.0 Å². The number of nitrogens with one attached hydrogen (secondary N) is 1. The summed E-state index contributed by atoms with van der Waals surface area (Å²) in [6.07, 6.45) is 19.0. The largest absolute Gasteiger partial charge is 0.481 e. The number of carbonyl (C=O) groups excluding carboxylic acids is 1. The van der Waals surface area contributed by atoms with Crippen LogP contribution in [-0.2, 0) is 33.5 Å². The molecule has 0 radical (unpaired) electrons. The van der Waals surface area contributed by atoms with Gasteiger partial charge in [-0.2, -0.15) is 0 Å². The Morgan fingerprint density at radius 3 is 1.40 bits per heavy atom. The van der Waals surface area contributed by atoms with Gasteiger partial charge < -0.3 is 15.3 Å². The number of likely N-dealkylation sites (tertiary alicyclic amines) is 3. The van der Waals surface area contributed by atoms with Gasteiger partial charge in [0.1, 0.15) is 0 Å². The average Bonchev–Trinajstić information content (AvgIpc) is 4.21. The van der Waals surface area contributed by atoms with Gasteiger partial charge in [-0.15, -0.1) is 23.2 Å². The summed E-state index contributed by atoms with van der Waals surface area (Å²) in [7, 11) is 0. The van der Waals surface area contributed by atoms with Crippen molar-refractivity contribution in [3.8, 4) is 0 Å². The van der Waals surface area contributed by atoms with Crippen LogP contribution in [0.5, 0.6) is 0 Å². The molecule has 6 unspecified atom stereocenters. The van der Waals surface area contributed by atoms with Crippen LogP contribution in [0.25, 0.3) is 0 Å². The van der Waals surface area contributed by atoms with Crippen LogP contribution in [0.3, 0.4) is 0 Å². The normalized spacial score (nSPS) is 36.2. The second-order valence-corrected chi connectivity index (χ2v) is 26.3. The standard InChI is InChI=1S/C31H38N2O.C17H20O2.C14H20N2.CH2Cl2.CH4/c34-28(33-14-12-29(23-33)11-13-32(22-29)20-24-7-3-1-4-8-24)31-18-25-15-26(19-31)17-30(16-25,21-31)27-9-5-2-6-10-27;18-15(19)17-9-12-6-13(10-17)8-16(7-12,11-17)14-4-2-1-3-5-14;1-2-4-13(5-3-1)10-16-9-7-14(12-16)6-8-15-11-14;2-1-3;/h1-10,25-26H,11-23H2;1-5,12-13H,6-11H2,(H,18,19);1-5,15H,6-12H2;1H2;1H4. The van der Waals surface area contributed by atoms with Gasteiger partial charge in [-0.05, 0) is 185 Å². The maximum atomic E-state index is 14.3. The SMILES string of the molecule is C.ClCCl.O=C(N1CCC2(CCN(Cc3ccccc3)C2)C1)C12CC3CC(C1)CC(c1ccccc1)(C3)C2.O=C(O)C12CC3CC(C1)CC(c1ccccc1)(C3)C2.c1ccc(CN2CCC3(CCNC3)C2)cc1. The number of hydrogen-bond acceptors (Lipinski definition) is 5. The first-order valence-electron chi connectivity index (χ1n) is 27.9. The van der Waals surface area contributed by atoms with Gasteiger partial charge in [0.05, 0.1) is 16.2 Å². The summed E-state index contributed by atoms with van der Waals surface area (Å²) >= 11 is 9.53. The lowest BCUT2D eigenvalue weighted by atomic mass is 9.42. The molecule has 8 aliphatic carbocycles. The molecular formula is C64H84Cl2N4O3. The van der Waals surface area contributed by atoms with Crippen molar-refractivity contribution >= 4 is 35.1 Å². The molecule has 4 aliphatic heterocycles. The van der Waals surface area contributed by atoms with Gasteiger partial charge in [0, 0.05) is 51.2 Å². The molecule has 2 N–H and O–H groups in total. The van der Waals surface area contributed by atoms with Gasteiger partial charge in [-0.25, -0.2) is 0 Å². The summed E-state index contributed by atoms with van der Waals surface area (Å²) in [5, 5.41) is 13.4. The maximum absolute atomic E-state index is 14.3. The predicted octanol–water partition coefficient (Wildman–Crippen LogP) is 13.2. The number of rotatable bonds is 8. The highest BCUT2D eigenvalue weighted by Gasteiger charge is 2.63. The third kappa shape index (κ3) is 10.8. The molecular weight excluding hydrogens is 944 g/mol. The zero-order valence-corrected chi connectivity index (χ0v) is 44.3. The van der Waals surface area contributed by atoms with Crippen LogP contribution in [0.15, 0.2) is 121 Å². The van der Waals surface area contributed by atoms with Crippen LogP contribution < -0.4 is 5.32 Å². The fourth-order valence-corrected chi connectivity index (χ4v) is 18.2. The Kier molecular flexibility index (Phi) is 15.7. The average molecular weight is 1030 g/mol. The molecule has 73 heavy (non-hydrogen) atoms. The fourth-order valence-electron chi connectivity index (χ4n) is 18.2. The van der Waals surface area contributed by atoms with E-state index in [1.165, 1.54) is 119 Å². The Morgan fingerprint density at radius 2 is 0.945 bits per heavy atom. The van der Waals surface area contributed by atoms with E-state index in [2.05, 4.69) is 141 Å². The maximum Gasteiger partial charge on any atom is 0.309 e. The van der Waals surface area contributed by atoms with Crippen LogP contribution in [0.1, 0.15) is 132 Å². The van der Waals surface area contributed by atoms with Gasteiger partial charge >= 0.3 is 5.97 Å². The van der Waals surface area contributed by atoms with Crippen molar-refractivity contribution in [3.05, 3.63) is 144 Å². The van der Waals surface area contributed by atoms with Crippen LogP contribution in [0.2, 0.25) is 0 Å². The molecule has 12 aliphatic rings. The molecule has 4 aromatic rings. The minimum Gasteiger partial charge on any atom is -0.481 e. The smallest absolute Gasteiger partial charge is 0.309 e. The molecule has 4 saturated heterocycles. The van der Waals surface area contributed by atoms with Crippen molar-refractivity contribution in [1.82, 2.24) is 20.0 Å². The highest BCUT2D eigenvalue weighted by molar-refractivity contribution is 6.40. The zero-order chi connectivity index (χ0) is 49.4. The Labute approximate surface area is 448 Å². The number of carboxylic acids is 1. The molecule has 4 heterocycles.